The van der Waals surface area contributed by atoms with Crippen molar-refractivity contribution in [3.8, 4) is 0 Å². The van der Waals surface area contributed by atoms with E-state index in [-0.39, 0.29) is 12.5 Å². The van der Waals surface area contributed by atoms with Crippen LogP contribution in [0.15, 0.2) is 4.99 Å². The number of hydrazine groups is 1. The van der Waals surface area contributed by atoms with Gasteiger partial charge in [0, 0.05) is 6.54 Å². The molecule has 0 radical (unpaired) electrons. The van der Waals surface area contributed by atoms with E-state index in [0.29, 0.717) is 6.42 Å². The lowest BCUT2D eigenvalue weighted by Crippen LogP contribution is -2.37. The number of guanidine groups is 1. The van der Waals surface area contributed by atoms with Gasteiger partial charge in [-0.3, -0.25) is 10.4 Å². The van der Waals surface area contributed by atoms with Crippen molar-refractivity contribution in [2.75, 3.05) is 11.9 Å². The summed E-state index contributed by atoms with van der Waals surface area (Å²) in [5, 5.41) is 1.95. The van der Waals surface area contributed by atoms with E-state index < -0.39 is 34.8 Å². The molecule has 0 aliphatic heterocycles. The van der Waals surface area contributed by atoms with Crippen LogP contribution in [-0.2, 0) is 0 Å². The predicted molar refractivity (Wildman–Crippen MR) is 64.4 cm³/mol. The van der Waals surface area contributed by atoms with Gasteiger partial charge in [0.2, 0.25) is 11.8 Å². The van der Waals surface area contributed by atoms with Crippen molar-refractivity contribution in [2.24, 2.45) is 10.8 Å². The Hall–Kier alpha value is -1.90. The second-order valence-corrected chi connectivity index (χ2v) is 3.80. The molecule has 0 saturated heterocycles. The third kappa shape index (κ3) is 3.35. The maximum Gasteiger partial charge on any atom is 0.210 e. The molecule has 4 N–H and O–H groups in total. The normalized spacial score (nSPS) is 11.7. The summed E-state index contributed by atoms with van der Waals surface area (Å²) in [7, 11) is 0. The van der Waals surface area contributed by atoms with E-state index in [1.165, 1.54) is 0 Å². The van der Waals surface area contributed by atoms with Crippen LogP contribution < -0.4 is 16.6 Å². The van der Waals surface area contributed by atoms with Crippen molar-refractivity contribution in [3.05, 3.63) is 29.1 Å². The Morgan fingerprint density at radius 3 is 1.95 bits per heavy atom. The van der Waals surface area contributed by atoms with Gasteiger partial charge in [0.05, 0.1) is 0 Å². The monoisotopic (exact) mass is 296 g/mol. The molecule has 1 rings (SSSR count). The summed E-state index contributed by atoms with van der Waals surface area (Å²) in [5.41, 5.74) is 0.771. The standard InChI is InChI=1S/C11H13F5N4/c1-2-3-4-18-11(20-17)19-10-8(15)6(13)5(12)7(14)9(10)16/h2-4,17H2,1H3,(H2,18,19,20). The van der Waals surface area contributed by atoms with Crippen LogP contribution in [0.5, 0.6) is 0 Å². The number of anilines is 1. The lowest BCUT2D eigenvalue weighted by molar-refractivity contribution is 0.382. The summed E-state index contributed by atoms with van der Waals surface area (Å²) in [5.74, 6) is -5.53. The highest BCUT2D eigenvalue weighted by Gasteiger charge is 2.26. The van der Waals surface area contributed by atoms with Crippen molar-refractivity contribution in [2.45, 2.75) is 19.8 Å². The Kier molecular flexibility index (Phi) is 5.68. The summed E-state index contributed by atoms with van der Waals surface area (Å²) in [4.78, 5) is 3.79. The zero-order valence-electron chi connectivity index (χ0n) is 10.5. The van der Waals surface area contributed by atoms with Crippen LogP contribution in [0.3, 0.4) is 0 Å². The summed E-state index contributed by atoms with van der Waals surface area (Å²) in [6.45, 7) is 2.17. The molecule has 0 saturated carbocycles. The van der Waals surface area contributed by atoms with E-state index in [0.717, 1.165) is 6.42 Å². The number of hydrogen-bond acceptors (Lipinski definition) is 2. The van der Waals surface area contributed by atoms with Crippen molar-refractivity contribution in [3.63, 3.8) is 0 Å². The highest BCUT2D eigenvalue weighted by molar-refractivity contribution is 5.93. The average Bonchev–Trinajstić information content (AvgIpc) is 2.45. The van der Waals surface area contributed by atoms with Gasteiger partial charge in [-0.1, -0.05) is 13.3 Å². The molecule has 0 amide bonds. The first-order valence-electron chi connectivity index (χ1n) is 5.73. The molecule has 0 spiro atoms. The Morgan fingerprint density at radius 1 is 1.00 bits per heavy atom. The fourth-order valence-electron chi connectivity index (χ4n) is 1.30. The number of benzene rings is 1. The maximum atomic E-state index is 13.4. The van der Waals surface area contributed by atoms with Crippen molar-refractivity contribution >= 4 is 11.6 Å². The van der Waals surface area contributed by atoms with Gasteiger partial charge in [0.25, 0.3) is 0 Å². The molecule has 0 unspecified atom stereocenters. The van der Waals surface area contributed by atoms with Crippen molar-refractivity contribution in [1.29, 1.82) is 0 Å². The molecular weight excluding hydrogens is 283 g/mol. The molecule has 20 heavy (non-hydrogen) atoms. The lowest BCUT2D eigenvalue weighted by Gasteiger charge is -2.12. The van der Waals surface area contributed by atoms with Crippen LogP contribution in [-0.4, -0.2) is 12.5 Å². The molecular formula is C11H13F5N4. The summed E-state index contributed by atoms with van der Waals surface area (Å²) < 4.78 is 65.5. The molecule has 0 aliphatic carbocycles. The molecule has 9 heteroatoms. The summed E-state index contributed by atoms with van der Waals surface area (Å²) >= 11 is 0. The number of nitrogens with two attached hydrogens (primary N) is 1. The third-order valence-electron chi connectivity index (χ3n) is 2.37. The van der Waals surface area contributed by atoms with Gasteiger partial charge in [-0.2, -0.15) is 0 Å². The Bertz CT molecular complexity index is 489. The Morgan fingerprint density at radius 2 is 1.50 bits per heavy atom. The van der Waals surface area contributed by atoms with E-state index >= 15 is 0 Å². The molecule has 0 aromatic heterocycles. The second kappa shape index (κ2) is 7.04. The second-order valence-electron chi connectivity index (χ2n) is 3.80. The number of nitrogens with one attached hydrogen (secondary N) is 2. The van der Waals surface area contributed by atoms with E-state index in [1.54, 1.807) is 0 Å². The van der Waals surface area contributed by atoms with Crippen LogP contribution in [0.1, 0.15) is 19.8 Å². The third-order valence-corrected chi connectivity index (χ3v) is 2.37. The largest absolute Gasteiger partial charge is 0.320 e. The zero-order valence-corrected chi connectivity index (χ0v) is 10.5. The Labute approximate surface area is 111 Å². The number of unbranched alkanes of at least 4 members (excludes halogenated alkanes) is 1. The Balaban J connectivity index is 3.11. The van der Waals surface area contributed by atoms with Gasteiger partial charge in [-0.25, -0.2) is 27.8 Å². The van der Waals surface area contributed by atoms with Gasteiger partial charge in [0.15, 0.2) is 23.3 Å². The summed E-state index contributed by atoms with van der Waals surface area (Å²) in [6, 6.07) is 0. The minimum Gasteiger partial charge on any atom is -0.320 e. The smallest absolute Gasteiger partial charge is 0.210 e. The van der Waals surface area contributed by atoms with Crippen LogP contribution in [0.2, 0.25) is 0 Å². The van der Waals surface area contributed by atoms with Gasteiger partial charge in [0.1, 0.15) is 5.69 Å². The lowest BCUT2D eigenvalue weighted by atomic mass is 10.2. The van der Waals surface area contributed by atoms with Crippen LogP contribution >= 0.6 is 0 Å². The number of halogens is 5. The van der Waals surface area contributed by atoms with Crippen molar-refractivity contribution < 1.29 is 22.0 Å². The quantitative estimate of drug-likeness (QED) is 0.117. The molecule has 0 bridgehead atoms. The molecule has 0 aliphatic rings. The van der Waals surface area contributed by atoms with Crippen LogP contribution in [0.25, 0.3) is 0 Å². The minimum atomic E-state index is -2.23. The molecule has 0 fully saturated rings. The fourth-order valence-corrected chi connectivity index (χ4v) is 1.30. The number of nitrogens with zero attached hydrogens (tertiary/aromatic N) is 1. The fraction of sp³-hybridized carbons (Fsp3) is 0.364. The average molecular weight is 296 g/mol. The van der Waals surface area contributed by atoms with E-state index in [4.69, 9.17) is 5.84 Å². The predicted octanol–water partition coefficient (Wildman–Crippen LogP) is 2.41. The van der Waals surface area contributed by atoms with Crippen LogP contribution in [0, 0.1) is 29.1 Å². The maximum absolute atomic E-state index is 13.4. The number of rotatable bonds is 4. The SMILES string of the molecule is CCCCN=C(NN)Nc1c(F)c(F)c(F)c(F)c1F. The summed E-state index contributed by atoms with van der Waals surface area (Å²) in [6.07, 6.45) is 1.48. The van der Waals surface area contributed by atoms with Gasteiger partial charge in [-0.05, 0) is 6.42 Å². The minimum absolute atomic E-state index is 0.276. The van der Waals surface area contributed by atoms with E-state index in [9.17, 15) is 22.0 Å². The molecule has 4 nitrogen and oxygen atoms in total. The van der Waals surface area contributed by atoms with E-state index in [2.05, 4.69) is 4.99 Å². The molecule has 112 valence electrons. The molecule has 0 atom stereocenters. The number of aliphatic imine (C=N–C) groups is 1. The highest BCUT2D eigenvalue weighted by Crippen LogP contribution is 2.26. The molecule has 1 aromatic carbocycles. The first-order valence-corrected chi connectivity index (χ1v) is 5.73. The topological polar surface area (TPSA) is 62.4 Å². The zero-order chi connectivity index (χ0) is 15.3. The first kappa shape index (κ1) is 16.2. The van der Waals surface area contributed by atoms with E-state index in [1.807, 2.05) is 17.7 Å². The van der Waals surface area contributed by atoms with Gasteiger partial charge >= 0.3 is 0 Å². The highest BCUT2D eigenvalue weighted by atomic mass is 19.2. The number of hydrogen-bond donors (Lipinski definition) is 3. The van der Waals surface area contributed by atoms with Gasteiger partial charge in [-0.15, -0.1) is 0 Å². The first-order chi connectivity index (χ1) is 9.43. The molecule has 1 aromatic rings. The molecule has 0 heterocycles. The van der Waals surface area contributed by atoms with Gasteiger partial charge < -0.3 is 5.32 Å². The van der Waals surface area contributed by atoms with Crippen molar-refractivity contribution in [1.82, 2.24) is 5.43 Å². The van der Waals surface area contributed by atoms with Crippen LogP contribution in [0.4, 0.5) is 27.6 Å².